The van der Waals surface area contributed by atoms with Crippen molar-refractivity contribution >= 4 is 23.5 Å². The zero-order valence-corrected chi connectivity index (χ0v) is 13.8. The van der Waals surface area contributed by atoms with Crippen LogP contribution in [0.5, 0.6) is 0 Å². The molecule has 0 fully saturated rings. The summed E-state index contributed by atoms with van der Waals surface area (Å²) >= 11 is 6.16. The van der Waals surface area contributed by atoms with Crippen molar-refractivity contribution in [2.75, 3.05) is 34.7 Å². The summed E-state index contributed by atoms with van der Waals surface area (Å²) in [5, 5.41) is 3.92. The number of rotatable bonds is 5. The van der Waals surface area contributed by atoms with Gasteiger partial charge in [0.05, 0.1) is 0 Å². The number of benzene rings is 1. The smallest absolute Gasteiger partial charge is 0.223 e. The molecular weight excluding hydrogens is 288 g/mol. The van der Waals surface area contributed by atoms with Crippen molar-refractivity contribution in [1.82, 2.24) is 15.1 Å². The predicted molar refractivity (Wildman–Crippen MR) is 87.6 cm³/mol. The fourth-order valence-corrected chi connectivity index (χ4v) is 2.04. The molecule has 1 rings (SSSR count). The van der Waals surface area contributed by atoms with Gasteiger partial charge >= 0.3 is 0 Å². The average molecular weight is 311 g/mol. The van der Waals surface area contributed by atoms with Crippen molar-refractivity contribution in [2.24, 2.45) is 4.99 Å². The van der Waals surface area contributed by atoms with E-state index in [1.54, 1.807) is 26.0 Å². The number of amides is 1. The largest absolute Gasteiger partial charge is 0.356 e. The van der Waals surface area contributed by atoms with Gasteiger partial charge < -0.3 is 15.1 Å². The molecule has 5 nitrogen and oxygen atoms in total. The van der Waals surface area contributed by atoms with Gasteiger partial charge in [0, 0.05) is 52.7 Å². The van der Waals surface area contributed by atoms with Gasteiger partial charge in [0.25, 0.3) is 0 Å². The van der Waals surface area contributed by atoms with E-state index in [-0.39, 0.29) is 5.91 Å². The van der Waals surface area contributed by atoms with Crippen LogP contribution >= 0.6 is 11.6 Å². The number of nitrogens with zero attached hydrogens (tertiary/aromatic N) is 3. The van der Waals surface area contributed by atoms with E-state index < -0.39 is 0 Å². The first-order chi connectivity index (χ1) is 9.95. The lowest BCUT2D eigenvalue weighted by molar-refractivity contribution is -0.128. The number of aliphatic imine (C=N–C) groups is 1. The summed E-state index contributed by atoms with van der Waals surface area (Å²) in [4.78, 5) is 19.3. The first kappa shape index (κ1) is 17.3. The molecule has 0 bridgehead atoms. The van der Waals surface area contributed by atoms with Crippen LogP contribution < -0.4 is 5.32 Å². The molecule has 0 aliphatic rings. The predicted octanol–water partition coefficient (Wildman–Crippen LogP) is 1.83. The van der Waals surface area contributed by atoms with Crippen LogP contribution in [-0.2, 0) is 11.3 Å². The van der Waals surface area contributed by atoms with Crippen LogP contribution in [0.1, 0.15) is 12.0 Å². The van der Waals surface area contributed by atoms with Gasteiger partial charge in [-0.25, -0.2) is 0 Å². The second-order valence-electron chi connectivity index (χ2n) is 4.96. The topological polar surface area (TPSA) is 47.9 Å². The third kappa shape index (κ3) is 5.63. The second-order valence-corrected chi connectivity index (χ2v) is 5.37. The van der Waals surface area contributed by atoms with Crippen LogP contribution in [0.3, 0.4) is 0 Å². The highest BCUT2D eigenvalue weighted by molar-refractivity contribution is 6.31. The standard InChI is InChI=1S/C15H23ClN4O/c1-17-15(18-10-9-14(21)19(2)3)20(4)11-12-7-5-6-8-13(12)16/h5-8H,9-11H2,1-4H3,(H,17,18). The van der Waals surface area contributed by atoms with Crippen LogP contribution in [0.25, 0.3) is 0 Å². The molecule has 0 aromatic heterocycles. The molecule has 0 radical (unpaired) electrons. The third-order valence-electron chi connectivity index (χ3n) is 3.06. The monoisotopic (exact) mass is 310 g/mol. The van der Waals surface area contributed by atoms with Crippen molar-refractivity contribution in [1.29, 1.82) is 0 Å². The lowest BCUT2D eigenvalue weighted by Gasteiger charge is -2.22. The molecule has 0 heterocycles. The van der Waals surface area contributed by atoms with Gasteiger partial charge in [-0.2, -0.15) is 0 Å². The molecule has 0 spiro atoms. The molecule has 6 heteroatoms. The lowest BCUT2D eigenvalue weighted by Crippen LogP contribution is -2.40. The summed E-state index contributed by atoms with van der Waals surface area (Å²) in [6.45, 7) is 1.21. The Hall–Kier alpha value is -1.75. The van der Waals surface area contributed by atoms with E-state index in [0.717, 1.165) is 16.5 Å². The SMILES string of the molecule is CN=C(NCCC(=O)N(C)C)N(C)Cc1ccccc1Cl. The van der Waals surface area contributed by atoms with Gasteiger partial charge in [-0.15, -0.1) is 0 Å². The number of nitrogens with one attached hydrogen (secondary N) is 1. The van der Waals surface area contributed by atoms with E-state index in [9.17, 15) is 4.79 Å². The zero-order chi connectivity index (χ0) is 15.8. The van der Waals surface area contributed by atoms with Gasteiger partial charge in [-0.3, -0.25) is 9.79 Å². The summed E-state index contributed by atoms with van der Waals surface area (Å²) in [6.07, 6.45) is 0.436. The molecule has 116 valence electrons. The maximum Gasteiger partial charge on any atom is 0.223 e. The normalized spacial score (nSPS) is 11.2. The van der Waals surface area contributed by atoms with Crippen molar-refractivity contribution in [3.63, 3.8) is 0 Å². The van der Waals surface area contributed by atoms with Gasteiger partial charge in [0.1, 0.15) is 0 Å². The maximum absolute atomic E-state index is 11.5. The number of hydrogen-bond donors (Lipinski definition) is 1. The number of hydrogen-bond acceptors (Lipinski definition) is 2. The van der Waals surface area contributed by atoms with Crippen LogP contribution in [-0.4, -0.2) is 56.4 Å². The summed E-state index contributed by atoms with van der Waals surface area (Å²) in [6, 6.07) is 7.73. The Kier molecular flexibility index (Phi) is 7.02. The number of guanidine groups is 1. The Labute approximate surface area is 131 Å². The Morgan fingerprint density at radius 2 is 1.95 bits per heavy atom. The molecule has 21 heavy (non-hydrogen) atoms. The molecule has 1 aromatic carbocycles. The van der Waals surface area contributed by atoms with Crippen molar-refractivity contribution in [3.05, 3.63) is 34.9 Å². The number of carbonyl (C=O) groups excluding carboxylic acids is 1. The minimum atomic E-state index is 0.0895. The Morgan fingerprint density at radius 1 is 1.29 bits per heavy atom. The Bertz CT molecular complexity index is 502. The molecule has 0 atom stereocenters. The van der Waals surface area contributed by atoms with E-state index in [1.165, 1.54) is 0 Å². The summed E-state index contributed by atoms with van der Waals surface area (Å²) in [7, 11) is 7.16. The molecule has 0 saturated heterocycles. The summed E-state index contributed by atoms with van der Waals surface area (Å²) < 4.78 is 0. The van der Waals surface area contributed by atoms with Crippen LogP contribution in [0.2, 0.25) is 5.02 Å². The van der Waals surface area contributed by atoms with Crippen LogP contribution in [0.4, 0.5) is 0 Å². The van der Waals surface area contributed by atoms with Crippen molar-refractivity contribution < 1.29 is 4.79 Å². The van der Waals surface area contributed by atoms with E-state index in [1.807, 2.05) is 36.2 Å². The summed E-state index contributed by atoms with van der Waals surface area (Å²) in [5.74, 6) is 0.827. The average Bonchev–Trinajstić information content (AvgIpc) is 2.45. The summed E-state index contributed by atoms with van der Waals surface area (Å²) in [5.41, 5.74) is 1.04. The fraction of sp³-hybridized carbons (Fsp3) is 0.467. The van der Waals surface area contributed by atoms with E-state index in [2.05, 4.69) is 10.3 Å². The highest BCUT2D eigenvalue weighted by Crippen LogP contribution is 2.16. The van der Waals surface area contributed by atoms with Crippen LogP contribution in [0.15, 0.2) is 29.3 Å². The number of halogens is 1. The Balaban J connectivity index is 2.53. The maximum atomic E-state index is 11.5. The minimum Gasteiger partial charge on any atom is -0.356 e. The van der Waals surface area contributed by atoms with Gasteiger partial charge in [0.2, 0.25) is 5.91 Å². The highest BCUT2D eigenvalue weighted by Gasteiger charge is 2.09. The molecule has 0 aliphatic heterocycles. The zero-order valence-electron chi connectivity index (χ0n) is 13.1. The van der Waals surface area contributed by atoms with Crippen molar-refractivity contribution in [3.8, 4) is 0 Å². The lowest BCUT2D eigenvalue weighted by atomic mass is 10.2. The number of carbonyl (C=O) groups is 1. The molecule has 1 aromatic rings. The quantitative estimate of drug-likeness (QED) is 0.667. The fourth-order valence-electron chi connectivity index (χ4n) is 1.85. The van der Waals surface area contributed by atoms with E-state index >= 15 is 0 Å². The van der Waals surface area contributed by atoms with E-state index in [0.29, 0.717) is 19.5 Å². The van der Waals surface area contributed by atoms with Gasteiger partial charge in [0.15, 0.2) is 5.96 Å². The van der Waals surface area contributed by atoms with E-state index in [4.69, 9.17) is 11.6 Å². The Morgan fingerprint density at radius 3 is 2.52 bits per heavy atom. The first-order valence-corrected chi connectivity index (χ1v) is 7.18. The minimum absolute atomic E-state index is 0.0895. The molecule has 0 aliphatic carbocycles. The molecule has 0 unspecified atom stereocenters. The first-order valence-electron chi connectivity index (χ1n) is 6.81. The third-order valence-corrected chi connectivity index (χ3v) is 3.43. The molecule has 0 saturated carbocycles. The molecule has 1 amide bonds. The van der Waals surface area contributed by atoms with Crippen molar-refractivity contribution in [2.45, 2.75) is 13.0 Å². The van der Waals surface area contributed by atoms with Gasteiger partial charge in [-0.05, 0) is 11.6 Å². The molecule has 1 N–H and O–H groups in total. The van der Waals surface area contributed by atoms with Crippen LogP contribution in [0, 0.1) is 0 Å². The highest BCUT2D eigenvalue weighted by atomic mass is 35.5. The van der Waals surface area contributed by atoms with Gasteiger partial charge in [-0.1, -0.05) is 29.8 Å². The second kappa shape index (κ2) is 8.52. The molecular formula is C15H23ClN4O.